The van der Waals surface area contributed by atoms with Crippen molar-refractivity contribution in [2.75, 3.05) is 0 Å². The molecule has 0 aliphatic carbocycles. The van der Waals surface area contributed by atoms with Gasteiger partial charge in [0.25, 0.3) is 0 Å². The number of benzene rings is 6. The van der Waals surface area contributed by atoms with Gasteiger partial charge < -0.3 is 9.84 Å². The molecule has 0 amide bonds. The molecule has 0 bridgehead atoms. The predicted molar refractivity (Wildman–Crippen MR) is 195 cm³/mol. The highest BCUT2D eigenvalue weighted by Gasteiger charge is 2.21. The molecule has 1 aromatic heterocycles. The van der Waals surface area contributed by atoms with Crippen molar-refractivity contribution >= 4 is 39.0 Å². The van der Waals surface area contributed by atoms with Crippen LogP contribution in [0.2, 0.25) is 5.02 Å². The maximum atomic E-state index is 12.0. The standard InChI is InChI=1S/C42H31ClO3S/c43-33-20-15-31(16-21-33)37-27-32(30-17-22-34(23-18-30)46-38(42(44)45)25-28-9-3-1-4-10-28)19-24-35(37)41-36-13-7-8-14-39(36)47-40(41)26-29-11-5-2-6-12-29/h1-24,27,38H,25-26H2,(H,44,45)/t38-/m1/s1. The second-order valence-corrected chi connectivity index (χ2v) is 13.1. The van der Waals surface area contributed by atoms with Crippen LogP contribution in [0.4, 0.5) is 0 Å². The first-order chi connectivity index (χ1) is 23.0. The molecule has 1 heterocycles. The first kappa shape index (κ1) is 30.5. The van der Waals surface area contributed by atoms with Crippen LogP contribution in [-0.2, 0) is 17.6 Å². The molecule has 7 aromatic rings. The second-order valence-electron chi connectivity index (χ2n) is 11.5. The number of halogens is 1. The summed E-state index contributed by atoms with van der Waals surface area (Å²) in [7, 11) is 0. The Morgan fingerprint density at radius 3 is 1.98 bits per heavy atom. The van der Waals surface area contributed by atoms with E-state index in [4.69, 9.17) is 16.3 Å². The first-order valence-electron chi connectivity index (χ1n) is 15.5. The summed E-state index contributed by atoms with van der Waals surface area (Å²) in [4.78, 5) is 13.3. The van der Waals surface area contributed by atoms with Gasteiger partial charge in [-0.2, -0.15) is 0 Å². The number of carbonyl (C=O) groups is 1. The predicted octanol–water partition coefficient (Wildman–Crippen LogP) is 11.2. The minimum absolute atomic E-state index is 0.285. The van der Waals surface area contributed by atoms with E-state index in [0.29, 0.717) is 10.8 Å². The third kappa shape index (κ3) is 6.85. The number of thiophene rings is 1. The lowest BCUT2D eigenvalue weighted by atomic mass is 9.89. The Balaban J connectivity index is 1.27. The summed E-state index contributed by atoms with van der Waals surface area (Å²) in [5.41, 5.74) is 8.88. The molecule has 7 rings (SSSR count). The quantitative estimate of drug-likeness (QED) is 0.160. The molecule has 3 nitrogen and oxygen atoms in total. The lowest BCUT2D eigenvalue weighted by molar-refractivity contribution is -0.145. The van der Waals surface area contributed by atoms with E-state index in [-0.39, 0.29) is 6.42 Å². The molecule has 0 saturated heterocycles. The van der Waals surface area contributed by atoms with Crippen molar-refractivity contribution in [3.63, 3.8) is 0 Å². The lowest BCUT2D eigenvalue weighted by Gasteiger charge is -2.17. The minimum Gasteiger partial charge on any atom is -0.478 e. The molecule has 0 aliphatic rings. The van der Waals surface area contributed by atoms with E-state index in [1.807, 2.05) is 78.1 Å². The highest BCUT2D eigenvalue weighted by molar-refractivity contribution is 7.19. The molecule has 0 saturated carbocycles. The molecule has 0 fully saturated rings. The fraction of sp³-hybridized carbons (Fsp3) is 0.0714. The summed E-state index contributed by atoms with van der Waals surface area (Å²) in [5.74, 6) is -0.476. The number of fused-ring (bicyclic) bond motifs is 1. The Morgan fingerprint density at radius 2 is 1.28 bits per heavy atom. The summed E-state index contributed by atoms with van der Waals surface area (Å²) in [5, 5.41) is 11.8. The summed E-state index contributed by atoms with van der Waals surface area (Å²) < 4.78 is 7.20. The van der Waals surface area contributed by atoms with E-state index in [1.54, 1.807) is 0 Å². The summed E-state index contributed by atoms with van der Waals surface area (Å²) >= 11 is 8.18. The highest BCUT2D eigenvalue weighted by Crippen LogP contribution is 2.45. The minimum atomic E-state index is -0.992. The fourth-order valence-corrected chi connectivity index (χ4v) is 7.38. The van der Waals surface area contributed by atoms with Crippen molar-refractivity contribution in [1.29, 1.82) is 0 Å². The maximum absolute atomic E-state index is 12.0. The Labute approximate surface area is 283 Å². The number of ether oxygens (including phenoxy) is 1. The Hall–Kier alpha value is -5.16. The third-order valence-electron chi connectivity index (χ3n) is 8.33. The van der Waals surface area contributed by atoms with Gasteiger partial charge in [0.1, 0.15) is 5.75 Å². The molecular weight excluding hydrogens is 620 g/mol. The zero-order valence-corrected chi connectivity index (χ0v) is 27.0. The number of hydrogen-bond acceptors (Lipinski definition) is 3. The van der Waals surface area contributed by atoms with E-state index >= 15 is 0 Å². The summed E-state index contributed by atoms with van der Waals surface area (Å²) in [6, 6.07) is 51.1. The van der Waals surface area contributed by atoms with Gasteiger partial charge >= 0.3 is 5.97 Å². The van der Waals surface area contributed by atoms with Crippen molar-refractivity contribution < 1.29 is 14.6 Å². The topological polar surface area (TPSA) is 46.5 Å². The summed E-state index contributed by atoms with van der Waals surface area (Å²) in [6.07, 6.45) is 0.151. The molecule has 0 unspecified atom stereocenters. The number of aliphatic carboxylic acids is 1. The van der Waals surface area contributed by atoms with Crippen LogP contribution in [0.1, 0.15) is 16.0 Å². The monoisotopic (exact) mass is 650 g/mol. The van der Waals surface area contributed by atoms with Gasteiger partial charge in [-0.05, 0) is 75.3 Å². The van der Waals surface area contributed by atoms with Crippen LogP contribution in [0.5, 0.6) is 5.75 Å². The average molecular weight is 651 g/mol. The first-order valence-corrected chi connectivity index (χ1v) is 16.7. The Kier molecular flexibility index (Phi) is 8.87. The van der Waals surface area contributed by atoms with Crippen LogP contribution in [0, 0.1) is 0 Å². The van der Waals surface area contributed by atoms with Crippen molar-refractivity contribution in [3.05, 3.63) is 173 Å². The SMILES string of the molecule is O=C(O)[C@@H](Cc1ccccc1)Oc1ccc(-c2ccc(-c3c(Cc4ccccc4)sc4ccccc34)c(-c3ccc(Cl)cc3)c2)cc1. The van der Waals surface area contributed by atoms with Gasteiger partial charge in [-0.1, -0.05) is 127 Å². The van der Waals surface area contributed by atoms with Crippen molar-refractivity contribution in [3.8, 4) is 39.1 Å². The second kappa shape index (κ2) is 13.7. The summed E-state index contributed by atoms with van der Waals surface area (Å²) in [6.45, 7) is 0. The van der Waals surface area contributed by atoms with Gasteiger partial charge in [-0.25, -0.2) is 4.79 Å². The van der Waals surface area contributed by atoms with E-state index < -0.39 is 12.1 Å². The normalized spacial score (nSPS) is 11.8. The molecule has 1 atom stereocenters. The van der Waals surface area contributed by atoms with E-state index in [2.05, 4.69) is 84.9 Å². The van der Waals surface area contributed by atoms with Gasteiger partial charge in [-0.3, -0.25) is 0 Å². The molecule has 47 heavy (non-hydrogen) atoms. The van der Waals surface area contributed by atoms with Crippen LogP contribution in [0.3, 0.4) is 0 Å². The van der Waals surface area contributed by atoms with Gasteiger partial charge in [0.15, 0.2) is 6.10 Å². The van der Waals surface area contributed by atoms with Crippen LogP contribution in [-0.4, -0.2) is 17.2 Å². The van der Waals surface area contributed by atoms with Gasteiger partial charge in [0.05, 0.1) is 0 Å². The van der Waals surface area contributed by atoms with Crippen molar-refractivity contribution in [2.24, 2.45) is 0 Å². The molecule has 230 valence electrons. The number of hydrogen-bond donors (Lipinski definition) is 1. The molecule has 5 heteroatoms. The molecule has 0 radical (unpaired) electrons. The fourth-order valence-electron chi connectivity index (χ4n) is 6.01. The number of carboxylic acid groups (broad SMARTS) is 1. The lowest BCUT2D eigenvalue weighted by Crippen LogP contribution is -2.29. The van der Waals surface area contributed by atoms with E-state index in [0.717, 1.165) is 34.2 Å². The number of rotatable bonds is 10. The van der Waals surface area contributed by atoms with E-state index in [9.17, 15) is 9.90 Å². The van der Waals surface area contributed by atoms with Gasteiger partial charge in [0, 0.05) is 38.4 Å². The van der Waals surface area contributed by atoms with Gasteiger partial charge in [0.2, 0.25) is 0 Å². The molecule has 0 aliphatic heterocycles. The van der Waals surface area contributed by atoms with Crippen molar-refractivity contribution in [1.82, 2.24) is 0 Å². The van der Waals surface area contributed by atoms with Crippen LogP contribution in [0.25, 0.3) is 43.5 Å². The van der Waals surface area contributed by atoms with Crippen LogP contribution in [0.15, 0.2) is 152 Å². The molecular formula is C42H31ClO3S. The molecule has 1 N–H and O–H groups in total. The zero-order valence-electron chi connectivity index (χ0n) is 25.5. The largest absolute Gasteiger partial charge is 0.478 e. The maximum Gasteiger partial charge on any atom is 0.345 e. The average Bonchev–Trinajstić information content (AvgIpc) is 3.47. The molecule has 0 spiro atoms. The van der Waals surface area contributed by atoms with E-state index in [1.165, 1.54) is 31.7 Å². The Bertz CT molecular complexity index is 2140. The number of carboxylic acids is 1. The van der Waals surface area contributed by atoms with Crippen LogP contribution >= 0.6 is 22.9 Å². The molecule has 6 aromatic carbocycles. The zero-order chi connectivity index (χ0) is 32.2. The Morgan fingerprint density at radius 1 is 0.660 bits per heavy atom. The van der Waals surface area contributed by atoms with Crippen molar-refractivity contribution in [2.45, 2.75) is 18.9 Å². The third-order valence-corrected chi connectivity index (χ3v) is 9.75. The smallest absolute Gasteiger partial charge is 0.345 e. The van der Waals surface area contributed by atoms with Gasteiger partial charge in [-0.15, -0.1) is 11.3 Å². The highest BCUT2D eigenvalue weighted by atomic mass is 35.5. The van der Waals surface area contributed by atoms with Crippen LogP contribution < -0.4 is 4.74 Å².